The Bertz CT molecular complexity index is 1010. The van der Waals surface area contributed by atoms with Crippen LogP contribution in [0.15, 0.2) is 42.6 Å². The standard InChI is InChI=1S/C19H17ClN2O4/c1-11(23)22-10-13(12-6-4-5-7-16(12)22)19(24)21-15-9-17(25-2)14(20)8-18(15)26-3/h4-10H,1-3H3,(H,21,24). The van der Waals surface area contributed by atoms with Crippen LogP contribution in [0.4, 0.5) is 5.69 Å². The van der Waals surface area contributed by atoms with Crippen molar-refractivity contribution in [3.63, 3.8) is 0 Å². The van der Waals surface area contributed by atoms with Gasteiger partial charge in [-0.1, -0.05) is 29.8 Å². The van der Waals surface area contributed by atoms with E-state index in [4.69, 9.17) is 21.1 Å². The summed E-state index contributed by atoms with van der Waals surface area (Å²) in [4.78, 5) is 24.7. The van der Waals surface area contributed by atoms with Gasteiger partial charge in [0, 0.05) is 30.6 Å². The summed E-state index contributed by atoms with van der Waals surface area (Å²) < 4.78 is 11.9. The number of carbonyl (C=O) groups is 2. The van der Waals surface area contributed by atoms with E-state index in [2.05, 4.69) is 5.32 Å². The molecule has 0 aliphatic heterocycles. The third-order valence-electron chi connectivity index (χ3n) is 4.02. The maximum absolute atomic E-state index is 12.9. The Hall–Kier alpha value is -2.99. The number of rotatable bonds is 4. The molecule has 0 radical (unpaired) electrons. The number of anilines is 1. The van der Waals surface area contributed by atoms with Crippen LogP contribution in [0.25, 0.3) is 10.9 Å². The molecule has 2 aromatic carbocycles. The molecule has 0 unspecified atom stereocenters. The lowest BCUT2D eigenvalue weighted by molar-refractivity contribution is 0.0941. The zero-order valence-electron chi connectivity index (χ0n) is 14.5. The number of carbonyl (C=O) groups excluding carboxylic acids is 2. The molecule has 0 saturated heterocycles. The number of halogens is 1. The van der Waals surface area contributed by atoms with E-state index < -0.39 is 0 Å². The van der Waals surface area contributed by atoms with Crippen molar-refractivity contribution in [2.45, 2.75) is 6.92 Å². The Morgan fingerprint density at radius 3 is 2.42 bits per heavy atom. The van der Waals surface area contributed by atoms with E-state index in [9.17, 15) is 9.59 Å². The van der Waals surface area contributed by atoms with Gasteiger partial charge < -0.3 is 14.8 Å². The van der Waals surface area contributed by atoms with Crippen LogP contribution in [-0.4, -0.2) is 30.6 Å². The van der Waals surface area contributed by atoms with E-state index in [1.165, 1.54) is 31.9 Å². The number of methoxy groups -OCH3 is 2. The van der Waals surface area contributed by atoms with Gasteiger partial charge >= 0.3 is 0 Å². The molecule has 7 heteroatoms. The number of nitrogens with one attached hydrogen (secondary N) is 1. The van der Waals surface area contributed by atoms with Crippen molar-refractivity contribution in [1.29, 1.82) is 0 Å². The number of hydrogen-bond donors (Lipinski definition) is 1. The summed E-state index contributed by atoms with van der Waals surface area (Å²) in [6, 6.07) is 10.4. The van der Waals surface area contributed by atoms with Crippen LogP contribution in [0.1, 0.15) is 22.1 Å². The molecule has 0 saturated carbocycles. The molecule has 1 aromatic heterocycles. The largest absolute Gasteiger partial charge is 0.495 e. The highest BCUT2D eigenvalue weighted by atomic mass is 35.5. The van der Waals surface area contributed by atoms with Gasteiger partial charge in [0.15, 0.2) is 0 Å². The van der Waals surface area contributed by atoms with Crippen molar-refractivity contribution in [1.82, 2.24) is 4.57 Å². The summed E-state index contributed by atoms with van der Waals surface area (Å²) in [5, 5.41) is 3.85. The van der Waals surface area contributed by atoms with Gasteiger partial charge in [-0.2, -0.15) is 0 Å². The zero-order chi connectivity index (χ0) is 18.8. The minimum Gasteiger partial charge on any atom is -0.495 e. The summed E-state index contributed by atoms with van der Waals surface area (Å²) in [7, 11) is 2.97. The van der Waals surface area contributed by atoms with E-state index in [1.54, 1.807) is 24.3 Å². The monoisotopic (exact) mass is 372 g/mol. The van der Waals surface area contributed by atoms with E-state index >= 15 is 0 Å². The Balaban J connectivity index is 2.04. The Morgan fingerprint density at radius 2 is 1.77 bits per heavy atom. The van der Waals surface area contributed by atoms with Crippen molar-refractivity contribution in [3.05, 3.63) is 53.2 Å². The van der Waals surface area contributed by atoms with Crippen molar-refractivity contribution in [3.8, 4) is 11.5 Å². The highest BCUT2D eigenvalue weighted by Gasteiger charge is 2.19. The summed E-state index contributed by atoms with van der Waals surface area (Å²) in [6.45, 7) is 1.45. The third-order valence-corrected chi connectivity index (χ3v) is 4.31. The topological polar surface area (TPSA) is 69.6 Å². The number of para-hydroxylation sites is 1. The Morgan fingerprint density at radius 1 is 1.08 bits per heavy atom. The predicted molar refractivity (Wildman–Crippen MR) is 101 cm³/mol. The number of hydrogen-bond acceptors (Lipinski definition) is 4. The molecule has 0 aliphatic carbocycles. The molecule has 3 rings (SSSR count). The van der Waals surface area contributed by atoms with Gasteiger partial charge in [-0.05, 0) is 6.07 Å². The van der Waals surface area contributed by atoms with Gasteiger partial charge in [0.2, 0.25) is 5.91 Å². The number of fused-ring (bicyclic) bond motifs is 1. The molecule has 0 spiro atoms. The van der Waals surface area contributed by atoms with Crippen molar-refractivity contribution in [2.75, 3.05) is 19.5 Å². The lowest BCUT2D eigenvalue weighted by Crippen LogP contribution is -2.13. The van der Waals surface area contributed by atoms with Gasteiger partial charge in [-0.15, -0.1) is 0 Å². The fraction of sp³-hybridized carbons (Fsp3) is 0.158. The second-order valence-corrected chi connectivity index (χ2v) is 6.00. The van der Waals surface area contributed by atoms with E-state index in [0.717, 1.165) is 0 Å². The molecular weight excluding hydrogens is 356 g/mol. The molecule has 3 aromatic rings. The number of aromatic nitrogens is 1. The minimum absolute atomic E-state index is 0.175. The molecule has 6 nitrogen and oxygen atoms in total. The van der Waals surface area contributed by atoms with Crippen molar-refractivity contribution in [2.24, 2.45) is 0 Å². The Kier molecular flexibility index (Phi) is 4.86. The zero-order valence-corrected chi connectivity index (χ0v) is 15.3. The second-order valence-electron chi connectivity index (χ2n) is 5.59. The average Bonchev–Trinajstić information content (AvgIpc) is 3.02. The lowest BCUT2D eigenvalue weighted by atomic mass is 10.1. The normalized spacial score (nSPS) is 10.6. The molecule has 0 bridgehead atoms. The maximum Gasteiger partial charge on any atom is 0.257 e. The average molecular weight is 373 g/mol. The quantitative estimate of drug-likeness (QED) is 0.744. The maximum atomic E-state index is 12.9. The minimum atomic E-state index is -0.371. The first-order valence-electron chi connectivity index (χ1n) is 7.80. The SMILES string of the molecule is COc1cc(NC(=O)c2cn(C(C)=O)c3ccccc23)c(OC)cc1Cl. The van der Waals surface area contributed by atoms with Crippen molar-refractivity contribution < 1.29 is 19.1 Å². The van der Waals surface area contributed by atoms with Crippen LogP contribution >= 0.6 is 11.6 Å². The summed E-state index contributed by atoms with van der Waals surface area (Å²) >= 11 is 6.09. The number of amides is 1. The molecule has 26 heavy (non-hydrogen) atoms. The molecule has 1 heterocycles. The van der Waals surface area contributed by atoms with Gasteiger partial charge in [0.1, 0.15) is 11.5 Å². The first-order chi connectivity index (χ1) is 12.5. The van der Waals surface area contributed by atoms with Gasteiger partial charge in [0.05, 0.1) is 36.0 Å². The molecule has 134 valence electrons. The smallest absolute Gasteiger partial charge is 0.257 e. The first-order valence-corrected chi connectivity index (χ1v) is 8.18. The molecule has 0 aliphatic rings. The van der Waals surface area contributed by atoms with E-state index in [1.807, 2.05) is 12.1 Å². The number of benzene rings is 2. The number of nitrogens with zero attached hydrogens (tertiary/aromatic N) is 1. The molecular formula is C19H17ClN2O4. The van der Waals surface area contributed by atoms with Crippen LogP contribution in [0.3, 0.4) is 0 Å². The van der Waals surface area contributed by atoms with Crippen LogP contribution in [-0.2, 0) is 0 Å². The van der Waals surface area contributed by atoms with E-state index in [-0.39, 0.29) is 11.8 Å². The van der Waals surface area contributed by atoms with Gasteiger partial charge in [-0.3, -0.25) is 14.2 Å². The molecule has 0 fully saturated rings. The summed E-state index contributed by atoms with van der Waals surface area (Å²) in [5.74, 6) is 0.267. The van der Waals surface area contributed by atoms with Crippen LogP contribution < -0.4 is 14.8 Å². The lowest BCUT2D eigenvalue weighted by Gasteiger charge is -2.13. The fourth-order valence-corrected chi connectivity index (χ4v) is 3.00. The highest BCUT2D eigenvalue weighted by molar-refractivity contribution is 6.32. The van der Waals surface area contributed by atoms with Crippen LogP contribution in [0, 0.1) is 0 Å². The second kappa shape index (κ2) is 7.09. The van der Waals surface area contributed by atoms with Crippen molar-refractivity contribution >= 4 is 40.0 Å². The van der Waals surface area contributed by atoms with Crippen LogP contribution in [0.2, 0.25) is 5.02 Å². The highest BCUT2D eigenvalue weighted by Crippen LogP contribution is 2.36. The fourth-order valence-electron chi connectivity index (χ4n) is 2.77. The van der Waals surface area contributed by atoms with Gasteiger partial charge in [-0.25, -0.2) is 0 Å². The molecule has 1 N–H and O–H groups in total. The van der Waals surface area contributed by atoms with E-state index in [0.29, 0.717) is 38.7 Å². The Labute approximate surface area is 155 Å². The predicted octanol–water partition coefficient (Wildman–Crippen LogP) is 4.22. The number of ether oxygens (including phenoxy) is 2. The third kappa shape index (κ3) is 3.11. The summed E-state index contributed by atoms with van der Waals surface area (Å²) in [5.41, 5.74) is 1.47. The molecule has 0 atom stereocenters. The summed E-state index contributed by atoms with van der Waals surface area (Å²) in [6.07, 6.45) is 1.53. The van der Waals surface area contributed by atoms with Gasteiger partial charge in [0.25, 0.3) is 5.91 Å². The molecule has 1 amide bonds. The van der Waals surface area contributed by atoms with Crippen LogP contribution in [0.5, 0.6) is 11.5 Å². The first kappa shape index (κ1) is 17.8.